The Hall–Kier alpha value is -4.06. The van der Waals surface area contributed by atoms with E-state index in [0.29, 0.717) is 23.2 Å². The number of amides is 1. The van der Waals surface area contributed by atoms with Crippen LogP contribution >= 0.6 is 0 Å². The maximum atomic E-state index is 12.8. The highest BCUT2D eigenvalue weighted by Crippen LogP contribution is 2.37. The van der Waals surface area contributed by atoms with E-state index in [1.54, 1.807) is 30.6 Å². The summed E-state index contributed by atoms with van der Waals surface area (Å²) in [6, 6.07) is 21.7. The van der Waals surface area contributed by atoms with Crippen LogP contribution in [-0.2, 0) is 4.79 Å². The predicted octanol–water partition coefficient (Wildman–Crippen LogP) is 6.30. The molecule has 0 bridgehead atoms. The van der Waals surface area contributed by atoms with Gasteiger partial charge in [0.15, 0.2) is 0 Å². The van der Waals surface area contributed by atoms with E-state index in [-0.39, 0.29) is 12.3 Å². The second-order valence-corrected chi connectivity index (χ2v) is 9.20. The zero-order valence-corrected chi connectivity index (χ0v) is 19.4. The van der Waals surface area contributed by atoms with Gasteiger partial charge in [-0.15, -0.1) is 0 Å². The summed E-state index contributed by atoms with van der Waals surface area (Å²) < 4.78 is 0. The van der Waals surface area contributed by atoms with Crippen LogP contribution in [0, 0.1) is 5.92 Å². The number of rotatable bonds is 6. The Morgan fingerprint density at radius 2 is 1.63 bits per heavy atom. The third-order valence-corrected chi connectivity index (χ3v) is 6.92. The number of pyridine rings is 2. The summed E-state index contributed by atoms with van der Waals surface area (Å²) in [6.45, 7) is 0. The molecule has 2 N–H and O–H groups in total. The topological polar surface area (TPSA) is 92.2 Å². The van der Waals surface area contributed by atoms with Crippen LogP contribution in [0.15, 0.2) is 79.1 Å². The second kappa shape index (κ2) is 10.1. The van der Waals surface area contributed by atoms with Crippen molar-refractivity contribution in [2.75, 3.05) is 5.32 Å². The van der Waals surface area contributed by atoms with Crippen molar-refractivity contribution >= 4 is 28.6 Å². The van der Waals surface area contributed by atoms with Gasteiger partial charge in [0.25, 0.3) is 5.91 Å². The van der Waals surface area contributed by atoms with Gasteiger partial charge in [-0.25, -0.2) is 4.98 Å². The molecule has 6 heteroatoms. The molecule has 35 heavy (non-hydrogen) atoms. The Morgan fingerprint density at radius 1 is 0.857 bits per heavy atom. The average Bonchev–Trinajstić information content (AvgIpc) is 2.89. The van der Waals surface area contributed by atoms with Crippen LogP contribution in [0.25, 0.3) is 22.0 Å². The Labute approximate surface area is 204 Å². The Kier molecular flexibility index (Phi) is 6.53. The number of carboxylic acids is 1. The Morgan fingerprint density at radius 3 is 2.34 bits per heavy atom. The molecule has 2 heterocycles. The monoisotopic (exact) mass is 465 g/mol. The number of benzene rings is 2. The van der Waals surface area contributed by atoms with Gasteiger partial charge in [-0.2, -0.15) is 0 Å². The second-order valence-electron chi connectivity index (χ2n) is 9.20. The van der Waals surface area contributed by atoms with Crippen LogP contribution in [0.4, 0.5) is 5.82 Å². The summed E-state index contributed by atoms with van der Waals surface area (Å²) in [7, 11) is 0. The van der Waals surface area contributed by atoms with Gasteiger partial charge in [0, 0.05) is 24.2 Å². The lowest BCUT2D eigenvalue weighted by Gasteiger charge is -2.28. The number of aliphatic carboxylic acids is 1. The molecule has 1 fully saturated rings. The molecule has 2 aromatic carbocycles. The van der Waals surface area contributed by atoms with Gasteiger partial charge in [-0.3, -0.25) is 14.6 Å². The first-order valence-corrected chi connectivity index (χ1v) is 12.0. The number of aromatic nitrogens is 2. The standard InChI is InChI=1S/C29H27N3O3/c33-28(34)17-19-4-6-20(7-5-19)21-8-10-22(11-9-21)23-12-13-24-25(14-16-30-26(24)18-23)29(35)32-27-3-1-2-15-31-27/h1-3,8-16,18-20H,4-7,17H2,(H,33,34)(H,31,32,35)/t19-,20-. The first-order valence-electron chi connectivity index (χ1n) is 12.0. The third-order valence-electron chi connectivity index (χ3n) is 6.92. The van der Waals surface area contributed by atoms with Crippen molar-refractivity contribution in [1.82, 2.24) is 9.97 Å². The fourth-order valence-corrected chi connectivity index (χ4v) is 5.04. The van der Waals surface area contributed by atoms with E-state index in [1.165, 1.54) is 5.56 Å². The fourth-order valence-electron chi connectivity index (χ4n) is 5.04. The Balaban J connectivity index is 1.31. The summed E-state index contributed by atoms with van der Waals surface area (Å²) in [5, 5.41) is 12.7. The predicted molar refractivity (Wildman–Crippen MR) is 136 cm³/mol. The number of anilines is 1. The number of carboxylic acid groups (broad SMARTS) is 1. The lowest BCUT2D eigenvalue weighted by molar-refractivity contribution is -0.138. The number of nitrogens with zero attached hydrogens (tertiary/aromatic N) is 2. The summed E-state index contributed by atoms with van der Waals surface area (Å²) in [6.07, 6.45) is 7.62. The minimum Gasteiger partial charge on any atom is -0.481 e. The molecule has 0 saturated heterocycles. The Bertz CT molecular complexity index is 1340. The van der Waals surface area contributed by atoms with Crippen molar-refractivity contribution in [3.05, 3.63) is 90.3 Å². The van der Waals surface area contributed by atoms with E-state index in [1.807, 2.05) is 24.3 Å². The van der Waals surface area contributed by atoms with Crippen molar-refractivity contribution in [3.8, 4) is 11.1 Å². The number of hydrogen-bond acceptors (Lipinski definition) is 4. The molecule has 0 aliphatic heterocycles. The minimum absolute atomic E-state index is 0.216. The molecular weight excluding hydrogens is 438 g/mol. The van der Waals surface area contributed by atoms with Crippen LogP contribution in [0.3, 0.4) is 0 Å². The molecule has 1 aliphatic carbocycles. The largest absolute Gasteiger partial charge is 0.481 e. The number of carbonyl (C=O) groups is 2. The SMILES string of the molecule is O=C(O)C[C@H]1CC[C@H](c2ccc(-c3ccc4c(C(=O)Nc5ccccn5)ccnc4c3)cc2)CC1. The molecule has 0 atom stereocenters. The van der Waals surface area contributed by atoms with E-state index >= 15 is 0 Å². The third kappa shape index (κ3) is 5.22. The summed E-state index contributed by atoms with van der Waals surface area (Å²) >= 11 is 0. The maximum Gasteiger partial charge on any atom is 0.303 e. The molecule has 1 amide bonds. The normalized spacial score (nSPS) is 17.7. The molecule has 176 valence electrons. The number of carbonyl (C=O) groups excluding carboxylic acids is 1. The number of fused-ring (bicyclic) bond motifs is 1. The van der Waals surface area contributed by atoms with Crippen LogP contribution in [0.5, 0.6) is 0 Å². The van der Waals surface area contributed by atoms with Gasteiger partial charge in [-0.1, -0.05) is 42.5 Å². The molecule has 4 aromatic rings. The van der Waals surface area contributed by atoms with Crippen LogP contribution in [0.1, 0.15) is 53.9 Å². The highest BCUT2D eigenvalue weighted by atomic mass is 16.4. The highest BCUT2D eigenvalue weighted by Gasteiger charge is 2.24. The number of hydrogen-bond donors (Lipinski definition) is 2. The molecular formula is C29H27N3O3. The van der Waals surface area contributed by atoms with Gasteiger partial charge >= 0.3 is 5.97 Å². The fraction of sp³-hybridized carbons (Fsp3) is 0.241. The van der Waals surface area contributed by atoms with Crippen molar-refractivity contribution in [1.29, 1.82) is 0 Å². The van der Waals surface area contributed by atoms with Crippen molar-refractivity contribution in [2.45, 2.75) is 38.0 Å². The van der Waals surface area contributed by atoms with Gasteiger partial charge in [0.2, 0.25) is 0 Å². The highest BCUT2D eigenvalue weighted by molar-refractivity contribution is 6.12. The van der Waals surface area contributed by atoms with Crippen LogP contribution < -0.4 is 5.32 Å². The zero-order chi connectivity index (χ0) is 24.2. The van der Waals surface area contributed by atoms with Gasteiger partial charge in [0.05, 0.1) is 11.1 Å². The number of nitrogens with one attached hydrogen (secondary N) is 1. The summed E-state index contributed by atoms with van der Waals surface area (Å²) in [5.41, 5.74) is 4.78. The first-order chi connectivity index (χ1) is 17.1. The van der Waals surface area contributed by atoms with Crippen molar-refractivity contribution < 1.29 is 14.7 Å². The molecule has 1 aliphatic rings. The molecule has 1 saturated carbocycles. The molecule has 2 aromatic heterocycles. The molecule has 0 spiro atoms. The van der Waals surface area contributed by atoms with Gasteiger partial charge in [0.1, 0.15) is 5.82 Å². The van der Waals surface area contributed by atoms with E-state index in [0.717, 1.165) is 47.7 Å². The smallest absolute Gasteiger partial charge is 0.303 e. The van der Waals surface area contributed by atoms with Gasteiger partial charge in [-0.05, 0) is 78.5 Å². The maximum absolute atomic E-state index is 12.8. The van der Waals surface area contributed by atoms with Crippen molar-refractivity contribution in [3.63, 3.8) is 0 Å². The first kappa shape index (κ1) is 22.7. The van der Waals surface area contributed by atoms with E-state index in [9.17, 15) is 9.59 Å². The lowest BCUT2D eigenvalue weighted by Crippen LogP contribution is -2.16. The summed E-state index contributed by atoms with van der Waals surface area (Å²) in [4.78, 5) is 32.5. The van der Waals surface area contributed by atoms with Crippen LogP contribution in [0.2, 0.25) is 0 Å². The average molecular weight is 466 g/mol. The molecule has 6 nitrogen and oxygen atoms in total. The zero-order valence-electron chi connectivity index (χ0n) is 19.4. The van der Waals surface area contributed by atoms with Gasteiger partial charge < -0.3 is 10.4 Å². The van der Waals surface area contributed by atoms with E-state index in [2.05, 4.69) is 39.6 Å². The van der Waals surface area contributed by atoms with Crippen molar-refractivity contribution in [2.24, 2.45) is 5.92 Å². The minimum atomic E-state index is -0.691. The van der Waals surface area contributed by atoms with E-state index in [4.69, 9.17) is 5.11 Å². The van der Waals surface area contributed by atoms with Crippen LogP contribution in [-0.4, -0.2) is 27.0 Å². The lowest BCUT2D eigenvalue weighted by atomic mass is 9.77. The van der Waals surface area contributed by atoms with E-state index < -0.39 is 5.97 Å². The summed E-state index contributed by atoms with van der Waals surface area (Å²) in [5.74, 6) is 0.404. The molecule has 5 rings (SSSR count). The molecule has 0 radical (unpaired) electrons. The quantitative estimate of drug-likeness (QED) is 0.349. The molecule has 0 unspecified atom stereocenters.